The Balaban J connectivity index is 2.44. The summed E-state index contributed by atoms with van der Waals surface area (Å²) in [7, 11) is 0. The summed E-state index contributed by atoms with van der Waals surface area (Å²) in [6.07, 6.45) is 5.87. The highest BCUT2D eigenvalue weighted by atomic mass is 32.2. The van der Waals surface area contributed by atoms with Gasteiger partial charge in [0.25, 0.3) is 0 Å². The van der Waals surface area contributed by atoms with Crippen LogP contribution >= 0.6 is 11.8 Å². The molecule has 0 saturated carbocycles. The Morgan fingerprint density at radius 2 is 2.22 bits per heavy atom. The van der Waals surface area contributed by atoms with E-state index in [1.54, 1.807) is 4.68 Å². The summed E-state index contributed by atoms with van der Waals surface area (Å²) in [5.41, 5.74) is 0. The number of carboxylic acids is 1. The van der Waals surface area contributed by atoms with Crippen molar-refractivity contribution in [1.29, 1.82) is 0 Å². The van der Waals surface area contributed by atoms with E-state index < -0.39 is 5.97 Å². The number of tetrazole rings is 1. The van der Waals surface area contributed by atoms with Crippen molar-refractivity contribution in [2.75, 3.05) is 5.75 Å². The van der Waals surface area contributed by atoms with Gasteiger partial charge in [-0.3, -0.25) is 4.79 Å². The molecule has 7 heteroatoms. The Kier molecular flexibility index (Phi) is 6.70. The predicted octanol–water partition coefficient (Wildman–Crippen LogP) is 2.38. The van der Waals surface area contributed by atoms with Crippen molar-refractivity contribution in [3.05, 3.63) is 0 Å². The first kappa shape index (κ1) is 14.9. The van der Waals surface area contributed by atoms with Gasteiger partial charge in [-0.1, -0.05) is 44.4 Å². The van der Waals surface area contributed by atoms with E-state index >= 15 is 0 Å². The maximum atomic E-state index is 10.5. The fraction of sp³-hybridized carbons (Fsp3) is 0.818. The molecule has 0 saturated heterocycles. The molecule has 0 aliphatic carbocycles. The molecule has 0 fully saturated rings. The van der Waals surface area contributed by atoms with E-state index in [1.807, 2.05) is 0 Å². The van der Waals surface area contributed by atoms with E-state index in [4.69, 9.17) is 5.11 Å². The van der Waals surface area contributed by atoms with Crippen LogP contribution in [0.4, 0.5) is 0 Å². The van der Waals surface area contributed by atoms with Crippen LogP contribution in [0, 0.1) is 0 Å². The van der Waals surface area contributed by atoms with E-state index in [-0.39, 0.29) is 11.8 Å². The lowest BCUT2D eigenvalue weighted by Crippen LogP contribution is -2.10. The fourth-order valence-electron chi connectivity index (χ4n) is 1.67. The molecule has 0 bridgehead atoms. The zero-order valence-corrected chi connectivity index (χ0v) is 11.7. The molecular weight excluding hydrogens is 252 g/mol. The molecule has 6 nitrogen and oxygen atoms in total. The van der Waals surface area contributed by atoms with E-state index in [0.29, 0.717) is 5.16 Å². The smallest absolute Gasteiger partial charge is 0.313 e. The van der Waals surface area contributed by atoms with Crippen LogP contribution in [-0.2, 0) is 4.79 Å². The van der Waals surface area contributed by atoms with Crippen LogP contribution in [0.15, 0.2) is 5.16 Å². The van der Waals surface area contributed by atoms with Crippen molar-refractivity contribution >= 4 is 17.7 Å². The van der Waals surface area contributed by atoms with Gasteiger partial charge < -0.3 is 5.11 Å². The van der Waals surface area contributed by atoms with Crippen LogP contribution in [0.5, 0.6) is 0 Å². The maximum Gasteiger partial charge on any atom is 0.313 e. The molecule has 1 aromatic rings. The Bertz CT molecular complexity index is 370. The first-order valence-corrected chi connectivity index (χ1v) is 7.26. The number of nitrogens with zero attached hydrogens (tertiary/aromatic N) is 4. The molecule has 1 heterocycles. The van der Waals surface area contributed by atoms with Crippen molar-refractivity contribution in [3.63, 3.8) is 0 Å². The SMILES string of the molecule is CCCCCCC(C)n1nnnc1SCC(=O)O. The Hall–Kier alpha value is -1.11. The molecule has 0 radical (unpaired) electrons. The zero-order valence-electron chi connectivity index (χ0n) is 10.9. The predicted molar refractivity (Wildman–Crippen MR) is 69.6 cm³/mol. The van der Waals surface area contributed by atoms with Gasteiger partial charge in [-0.25, -0.2) is 4.68 Å². The highest BCUT2D eigenvalue weighted by Gasteiger charge is 2.14. The second-order valence-corrected chi connectivity index (χ2v) is 5.23. The standard InChI is InChI=1S/C11H20N4O2S/c1-3-4-5-6-7-9(2)15-11(12-13-14-15)18-8-10(16)17/h9H,3-8H2,1-2H3,(H,16,17). The second kappa shape index (κ2) is 8.07. The first-order valence-electron chi connectivity index (χ1n) is 6.27. The Morgan fingerprint density at radius 1 is 1.44 bits per heavy atom. The zero-order chi connectivity index (χ0) is 13.4. The van der Waals surface area contributed by atoms with Crippen LogP contribution in [0.1, 0.15) is 52.0 Å². The fourth-order valence-corrected chi connectivity index (χ4v) is 2.37. The van der Waals surface area contributed by atoms with Crippen LogP contribution in [0.3, 0.4) is 0 Å². The van der Waals surface area contributed by atoms with Gasteiger partial charge in [0.05, 0.1) is 11.8 Å². The Morgan fingerprint density at radius 3 is 2.89 bits per heavy atom. The summed E-state index contributed by atoms with van der Waals surface area (Å²) in [6.45, 7) is 4.25. The number of unbranched alkanes of at least 4 members (excludes halogenated alkanes) is 3. The number of carboxylic acid groups (broad SMARTS) is 1. The number of thioether (sulfide) groups is 1. The lowest BCUT2D eigenvalue weighted by atomic mass is 10.1. The summed E-state index contributed by atoms with van der Waals surface area (Å²) >= 11 is 1.16. The van der Waals surface area contributed by atoms with Gasteiger partial charge in [0.15, 0.2) is 0 Å². The van der Waals surface area contributed by atoms with Gasteiger partial charge >= 0.3 is 5.97 Å². The molecule has 1 atom stereocenters. The Labute approximate surface area is 111 Å². The molecule has 102 valence electrons. The van der Waals surface area contributed by atoms with Crippen molar-refractivity contribution < 1.29 is 9.90 Å². The van der Waals surface area contributed by atoms with Gasteiger partial charge in [-0.05, 0) is 23.8 Å². The number of hydrogen-bond donors (Lipinski definition) is 1. The maximum absolute atomic E-state index is 10.5. The summed E-state index contributed by atoms with van der Waals surface area (Å²) in [5, 5.41) is 20.6. The largest absolute Gasteiger partial charge is 0.481 e. The number of rotatable bonds is 9. The monoisotopic (exact) mass is 272 g/mol. The van der Waals surface area contributed by atoms with Gasteiger partial charge in [-0.2, -0.15) is 0 Å². The third-order valence-electron chi connectivity index (χ3n) is 2.68. The number of aliphatic carboxylic acids is 1. The lowest BCUT2D eigenvalue weighted by Gasteiger charge is -2.12. The number of aromatic nitrogens is 4. The molecule has 0 aliphatic heterocycles. The quantitative estimate of drug-likeness (QED) is 0.549. The molecule has 0 aromatic carbocycles. The minimum Gasteiger partial charge on any atom is -0.481 e. The van der Waals surface area contributed by atoms with Gasteiger partial charge in [0.2, 0.25) is 5.16 Å². The van der Waals surface area contributed by atoms with Gasteiger partial charge in [-0.15, -0.1) is 5.10 Å². The van der Waals surface area contributed by atoms with Crippen molar-refractivity contribution in [3.8, 4) is 0 Å². The van der Waals surface area contributed by atoms with E-state index in [2.05, 4.69) is 29.4 Å². The normalized spacial score (nSPS) is 12.6. The van der Waals surface area contributed by atoms with Crippen LogP contribution < -0.4 is 0 Å². The second-order valence-electron chi connectivity index (χ2n) is 4.29. The molecule has 0 aliphatic rings. The minimum atomic E-state index is -0.856. The average molecular weight is 272 g/mol. The summed E-state index contributed by atoms with van der Waals surface area (Å²) in [4.78, 5) is 10.5. The lowest BCUT2D eigenvalue weighted by molar-refractivity contribution is -0.133. The topological polar surface area (TPSA) is 80.9 Å². The summed E-state index contributed by atoms with van der Waals surface area (Å²) in [5.74, 6) is -0.867. The first-order chi connectivity index (χ1) is 8.65. The van der Waals surface area contributed by atoms with Gasteiger partial charge in [0.1, 0.15) is 0 Å². The summed E-state index contributed by atoms with van der Waals surface area (Å²) < 4.78 is 1.72. The molecule has 18 heavy (non-hydrogen) atoms. The van der Waals surface area contributed by atoms with Crippen LogP contribution in [-0.4, -0.2) is 37.0 Å². The molecule has 0 amide bonds. The highest BCUT2D eigenvalue weighted by molar-refractivity contribution is 7.99. The summed E-state index contributed by atoms with van der Waals surface area (Å²) in [6, 6.07) is 0.216. The van der Waals surface area contributed by atoms with Crippen molar-refractivity contribution in [1.82, 2.24) is 20.2 Å². The van der Waals surface area contributed by atoms with Crippen molar-refractivity contribution in [2.45, 2.75) is 57.1 Å². The molecular formula is C11H20N4O2S. The minimum absolute atomic E-state index is 0.0110. The van der Waals surface area contributed by atoms with E-state index in [0.717, 1.165) is 24.6 Å². The van der Waals surface area contributed by atoms with Crippen LogP contribution in [0.2, 0.25) is 0 Å². The van der Waals surface area contributed by atoms with Crippen molar-refractivity contribution in [2.24, 2.45) is 0 Å². The third kappa shape index (κ3) is 5.03. The number of carbonyl (C=O) groups is 1. The molecule has 1 unspecified atom stereocenters. The van der Waals surface area contributed by atoms with Crippen LogP contribution in [0.25, 0.3) is 0 Å². The molecule has 0 spiro atoms. The van der Waals surface area contributed by atoms with Gasteiger partial charge in [0, 0.05) is 0 Å². The highest BCUT2D eigenvalue weighted by Crippen LogP contribution is 2.21. The van der Waals surface area contributed by atoms with E-state index in [1.165, 1.54) is 19.3 Å². The third-order valence-corrected chi connectivity index (χ3v) is 3.60. The molecule has 1 aromatic heterocycles. The average Bonchev–Trinajstić information content (AvgIpc) is 2.80. The number of hydrogen-bond acceptors (Lipinski definition) is 5. The van der Waals surface area contributed by atoms with E-state index in [9.17, 15) is 4.79 Å². The molecule has 1 N–H and O–H groups in total. The molecule has 1 rings (SSSR count).